The maximum absolute atomic E-state index is 12.5. The van der Waals surface area contributed by atoms with Crippen LogP contribution in [0.2, 0.25) is 0 Å². The van der Waals surface area contributed by atoms with Crippen LogP contribution in [0.3, 0.4) is 0 Å². The summed E-state index contributed by atoms with van der Waals surface area (Å²) in [5.41, 5.74) is 0.310. The lowest BCUT2D eigenvalue weighted by Crippen LogP contribution is -2.22. The number of carbonyl (C=O) groups is 1. The molecule has 2 heterocycles. The molecule has 2 aromatic heterocycles. The predicted octanol–water partition coefficient (Wildman–Crippen LogP) is 1.67. The Hall–Kier alpha value is -2.26. The number of nitrogens with zero attached hydrogens (tertiary/aromatic N) is 4. The number of thiophene rings is 1. The summed E-state index contributed by atoms with van der Waals surface area (Å²) in [4.78, 5) is 11.7. The smallest absolute Gasteiger partial charge is 0.335 e. The van der Waals surface area contributed by atoms with Crippen molar-refractivity contribution in [3.05, 3.63) is 22.8 Å². The number of hydrogen-bond donors (Lipinski definition) is 2. The zero-order valence-corrected chi connectivity index (χ0v) is 12.2. The highest BCUT2D eigenvalue weighted by molar-refractivity contribution is 7.99. The van der Waals surface area contributed by atoms with E-state index in [1.54, 1.807) is 11.4 Å². The monoisotopic (exact) mass is 348 g/mol. The van der Waals surface area contributed by atoms with Gasteiger partial charge in [0.15, 0.2) is 0 Å². The van der Waals surface area contributed by atoms with Crippen LogP contribution in [0.4, 0.5) is 18.2 Å². The van der Waals surface area contributed by atoms with Crippen molar-refractivity contribution < 1.29 is 18.0 Å². The van der Waals surface area contributed by atoms with E-state index in [9.17, 15) is 18.0 Å². The number of hydrogen-bond acceptors (Lipinski definition) is 7. The molecular weight excluding hydrogens is 341 g/mol. The zero-order chi connectivity index (χ0) is 16.3. The van der Waals surface area contributed by atoms with Crippen molar-refractivity contribution in [1.29, 1.82) is 5.26 Å². The number of aromatic nitrogens is 3. The first kappa shape index (κ1) is 16.1. The molecule has 0 aromatic carbocycles. The van der Waals surface area contributed by atoms with Gasteiger partial charge in [-0.1, -0.05) is 11.8 Å². The molecule has 116 valence electrons. The third kappa shape index (κ3) is 3.49. The van der Waals surface area contributed by atoms with Crippen molar-refractivity contribution in [2.24, 2.45) is 0 Å². The quantitative estimate of drug-likeness (QED) is 0.642. The fourth-order valence-electron chi connectivity index (χ4n) is 1.36. The molecule has 22 heavy (non-hydrogen) atoms. The van der Waals surface area contributed by atoms with Gasteiger partial charge >= 0.3 is 6.18 Å². The van der Waals surface area contributed by atoms with Crippen LogP contribution in [0.25, 0.3) is 0 Å². The normalized spacial score (nSPS) is 11.2. The summed E-state index contributed by atoms with van der Waals surface area (Å²) >= 11 is 1.87. The number of nitriles is 1. The van der Waals surface area contributed by atoms with Crippen LogP contribution in [0.5, 0.6) is 0 Å². The second-order valence-corrected chi connectivity index (χ2v) is 5.64. The first-order valence-corrected chi connectivity index (χ1v) is 7.37. The Balaban J connectivity index is 1.98. The Morgan fingerprint density at radius 1 is 1.55 bits per heavy atom. The average molecular weight is 348 g/mol. The molecule has 3 N–H and O–H groups in total. The first-order chi connectivity index (χ1) is 10.3. The molecular formula is C10H7F3N6OS2. The molecule has 0 saturated carbocycles. The highest BCUT2D eigenvalue weighted by atomic mass is 32.2. The van der Waals surface area contributed by atoms with Gasteiger partial charge in [0.05, 0.1) is 11.3 Å². The maximum Gasteiger partial charge on any atom is 0.453 e. The van der Waals surface area contributed by atoms with Crippen LogP contribution in [0, 0.1) is 11.3 Å². The van der Waals surface area contributed by atoms with Gasteiger partial charge in [-0.3, -0.25) is 4.79 Å². The SMILES string of the molecule is N#Cc1ccsc1NC(=O)CSc1nnc(C(F)(F)F)n1N. The summed E-state index contributed by atoms with van der Waals surface area (Å²) < 4.78 is 37.7. The van der Waals surface area contributed by atoms with Crippen molar-refractivity contribution in [2.75, 3.05) is 16.9 Å². The van der Waals surface area contributed by atoms with E-state index in [4.69, 9.17) is 11.1 Å². The minimum Gasteiger partial charge on any atom is -0.335 e. The van der Waals surface area contributed by atoms with Gasteiger partial charge in [-0.2, -0.15) is 18.4 Å². The van der Waals surface area contributed by atoms with Gasteiger partial charge in [0.1, 0.15) is 11.1 Å². The lowest BCUT2D eigenvalue weighted by atomic mass is 10.3. The van der Waals surface area contributed by atoms with E-state index in [1.807, 2.05) is 6.07 Å². The van der Waals surface area contributed by atoms with Crippen LogP contribution in [-0.4, -0.2) is 26.5 Å². The van der Waals surface area contributed by atoms with Crippen LogP contribution < -0.4 is 11.2 Å². The highest BCUT2D eigenvalue weighted by Crippen LogP contribution is 2.29. The number of carbonyl (C=O) groups excluding carboxylic acids is 1. The molecule has 0 aliphatic heterocycles. The van der Waals surface area contributed by atoms with E-state index in [0.29, 0.717) is 22.3 Å². The number of alkyl halides is 3. The maximum atomic E-state index is 12.5. The van der Waals surface area contributed by atoms with Gasteiger partial charge in [0.25, 0.3) is 5.82 Å². The lowest BCUT2D eigenvalue weighted by Gasteiger charge is -2.06. The van der Waals surface area contributed by atoms with E-state index in [1.165, 1.54) is 0 Å². The summed E-state index contributed by atoms with van der Waals surface area (Å²) in [6.45, 7) is 0. The van der Waals surface area contributed by atoms with Gasteiger partial charge in [0, 0.05) is 0 Å². The molecule has 0 saturated heterocycles. The topological polar surface area (TPSA) is 110 Å². The van der Waals surface area contributed by atoms with Crippen LogP contribution in [-0.2, 0) is 11.0 Å². The van der Waals surface area contributed by atoms with Crippen molar-refractivity contribution in [3.8, 4) is 6.07 Å². The Kier molecular flexibility index (Phi) is 4.57. The van der Waals surface area contributed by atoms with E-state index in [-0.39, 0.29) is 15.6 Å². The molecule has 2 rings (SSSR count). The number of nitrogens with one attached hydrogen (secondary N) is 1. The summed E-state index contributed by atoms with van der Waals surface area (Å²) in [5, 5.41) is 19.3. The highest BCUT2D eigenvalue weighted by Gasteiger charge is 2.38. The van der Waals surface area contributed by atoms with E-state index in [2.05, 4.69) is 15.5 Å². The van der Waals surface area contributed by atoms with E-state index >= 15 is 0 Å². The number of nitrogen functional groups attached to an aromatic ring is 1. The minimum atomic E-state index is -4.72. The number of thioether (sulfide) groups is 1. The number of nitrogens with two attached hydrogens (primary N) is 1. The number of anilines is 1. The second-order valence-electron chi connectivity index (χ2n) is 3.79. The molecule has 0 aliphatic rings. The van der Waals surface area contributed by atoms with Crippen molar-refractivity contribution in [3.63, 3.8) is 0 Å². The Morgan fingerprint density at radius 3 is 2.86 bits per heavy atom. The number of amides is 1. The lowest BCUT2D eigenvalue weighted by molar-refractivity contribution is -0.146. The molecule has 2 aromatic rings. The third-order valence-electron chi connectivity index (χ3n) is 2.29. The molecule has 0 radical (unpaired) electrons. The van der Waals surface area contributed by atoms with Crippen LogP contribution in [0.15, 0.2) is 16.6 Å². The summed E-state index contributed by atoms with van der Waals surface area (Å²) in [5.74, 6) is 3.16. The standard InChI is InChI=1S/C10H7F3N6OS2/c11-10(12,13)8-17-18-9(19(8)15)22-4-6(20)16-7-5(3-14)1-2-21-7/h1-2H,4,15H2,(H,16,20). The van der Waals surface area contributed by atoms with E-state index < -0.39 is 17.9 Å². The molecule has 7 nitrogen and oxygen atoms in total. The predicted molar refractivity (Wildman–Crippen MR) is 73.6 cm³/mol. The van der Waals surface area contributed by atoms with Gasteiger partial charge in [-0.15, -0.1) is 21.5 Å². The van der Waals surface area contributed by atoms with Gasteiger partial charge in [-0.05, 0) is 11.4 Å². The molecule has 1 amide bonds. The number of halogens is 3. The fourth-order valence-corrected chi connectivity index (χ4v) is 2.77. The van der Waals surface area contributed by atoms with Gasteiger partial charge in [0.2, 0.25) is 11.1 Å². The second kappa shape index (κ2) is 6.24. The summed E-state index contributed by atoms with van der Waals surface area (Å²) in [6.07, 6.45) is -4.72. The Labute approximate surface area is 129 Å². The molecule has 0 aliphatic carbocycles. The van der Waals surface area contributed by atoms with Crippen LogP contribution in [0.1, 0.15) is 11.4 Å². The fraction of sp³-hybridized carbons (Fsp3) is 0.200. The number of rotatable bonds is 4. The van der Waals surface area contributed by atoms with E-state index in [0.717, 1.165) is 11.3 Å². The van der Waals surface area contributed by atoms with Gasteiger partial charge < -0.3 is 11.2 Å². The van der Waals surface area contributed by atoms with Gasteiger partial charge in [-0.25, -0.2) is 4.68 Å². The van der Waals surface area contributed by atoms with Crippen molar-refractivity contribution >= 4 is 34.0 Å². The molecule has 0 fully saturated rings. The molecule has 0 spiro atoms. The summed E-state index contributed by atoms with van der Waals surface area (Å²) in [7, 11) is 0. The third-order valence-corrected chi connectivity index (χ3v) is 4.06. The average Bonchev–Trinajstić information content (AvgIpc) is 3.02. The summed E-state index contributed by atoms with van der Waals surface area (Å²) in [6, 6.07) is 3.44. The zero-order valence-electron chi connectivity index (χ0n) is 10.6. The first-order valence-electron chi connectivity index (χ1n) is 5.51. The van der Waals surface area contributed by atoms with Crippen molar-refractivity contribution in [1.82, 2.24) is 14.9 Å². The molecule has 0 bridgehead atoms. The molecule has 12 heteroatoms. The van der Waals surface area contributed by atoms with Crippen molar-refractivity contribution in [2.45, 2.75) is 11.3 Å². The minimum absolute atomic E-state index is 0.226. The molecule has 0 atom stereocenters. The van der Waals surface area contributed by atoms with Crippen LogP contribution >= 0.6 is 23.1 Å². The Bertz CT molecular complexity index is 732. The molecule has 0 unspecified atom stereocenters. The largest absolute Gasteiger partial charge is 0.453 e. The Morgan fingerprint density at radius 2 is 2.27 bits per heavy atom.